The van der Waals surface area contributed by atoms with Crippen molar-refractivity contribution < 1.29 is 23.1 Å². The molecule has 0 saturated carbocycles. The molecule has 2 aromatic rings. The quantitative estimate of drug-likeness (QED) is 0.606. The molecule has 7 heteroatoms. The van der Waals surface area contributed by atoms with Crippen LogP contribution in [0.15, 0.2) is 59.8 Å². The normalized spacial score (nSPS) is 10.8. The van der Waals surface area contributed by atoms with Gasteiger partial charge in [0.1, 0.15) is 19.5 Å². The van der Waals surface area contributed by atoms with Crippen molar-refractivity contribution in [3.05, 3.63) is 71.3 Å². The third-order valence-corrected chi connectivity index (χ3v) is 3.45. The molecule has 0 bridgehead atoms. The van der Waals surface area contributed by atoms with Crippen molar-refractivity contribution in [2.75, 3.05) is 14.2 Å². The molecule has 0 unspecified atom stereocenters. The van der Waals surface area contributed by atoms with Crippen LogP contribution >= 0.6 is 0 Å². The summed E-state index contributed by atoms with van der Waals surface area (Å²) in [7, 11) is 2.86. The maximum Gasteiger partial charge on any atom is 0.273 e. The van der Waals surface area contributed by atoms with Crippen LogP contribution in [0.1, 0.15) is 16.7 Å². The van der Waals surface area contributed by atoms with E-state index in [4.69, 9.17) is 9.57 Å². The Bertz CT molecular complexity index is 814. The van der Waals surface area contributed by atoms with Gasteiger partial charge in [0.2, 0.25) is 0 Å². The van der Waals surface area contributed by atoms with Gasteiger partial charge in [-0.25, -0.2) is 0 Å². The molecule has 26 heavy (non-hydrogen) atoms. The Kier molecular flexibility index (Phi) is 6.84. The third-order valence-electron chi connectivity index (χ3n) is 3.45. The van der Waals surface area contributed by atoms with Crippen LogP contribution in [0.3, 0.4) is 0 Å². The Labute approximate surface area is 149 Å². The number of hydrogen-bond donors (Lipinski definition) is 1. The number of oxime groups is 1. The monoisotopic (exact) mass is 360 g/mol. The topological polar surface area (TPSA) is 59.9 Å². The SMILES string of the molecule is CNC(=O)C(=NOC)c1ccccc1COc1ccc(C=C(F)F)cc1. The summed E-state index contributed by atoms with van der Waals surface area (Å²) < 4.78 is 30.2. The van der Waals surface area contributed by atoms with E-state index in [-0.39, 0.29) is 18.2 Å². The molecule has 0 saturated heterocycles. The predicted molar refractivity (Wildman–Crippen MR) is 95.0 cm³/mol. The van der Waals surface area contributed by atoms with Gasteiger partial charge in [0, 0.05) is 18.7 Å². The average molecular weight is 360 g/mol. The Morgan fingerprint density at radius 2 is 1.85 bits per heavy atom. The lowest BCUT2D eigenvalue weighted by molar-refractivity contribution is -0.114. The molecule has 1 amide bonds. The minimum absolute atomic E-state index is 0.133. The second-order valence-corrected chi connectivity index (χ2v) is 5.15. The lowest BCUT2D eigenvalue weighted by atomic mass is 10.0. The smallest absolute Gasteiger partial charge is 0.273 e. The number of likely N-dealkylation sites (N-methyl/N-ethyl adjacent to an activating group) is 1. The molecule has 1 N–H and O–H groups in total. The third kappa shape index (κ3) is 5.14. The summed E-state index contributed by atoms with van der Waals surface area (Å²) in [6.07, 6.45) is -0.984. The molecule has 0 atom stereocenters. The van der Waals surface area contributed by atoms with Gasteiger partial charge in [-0.2, -0.15) is 8.78 Å². The number of nitrogens with zero attached hydrogens (tertiary/aromatic N) is 1. The predicted octanol–water partition coefficient (Wildman–Crippen LogP) is 3.60. The van der Waals surface area contributed by atoms with E-state index in [2.05, 4.69) is 10.5 Å². The molecular formula is C19H18F2N2O3. The van der Waals surface area contributed by atoms with Crippen LogP contribution in [0.25, 0.3) is 6.08 Å². The maximum atomic E-state index is 12.2. The first-order valence-corrected chi connectivity index (χ1v) is 7.72. The van der Waals surface area contributed by atoms with Crippen molar-refractivity contribution in [2.45, 2.75) is 6.61 Å². The molecule has 0 spiro atoms. The van der Waals surface area contributed by atoms with E-state index in [0.29, 0.717) is 16.9 Å². The molecule has 0 aromatic heterocycles. The fraction of sp³-hybridized carbons (Fsp3) is 0.158. The molecule has 0 fully saturated rings. The Morgan fingerprint density at radius 1 is 1.15 bits per heavy atom. The molecule has 0 radical (unpaired) electrons. The van der Waals surface area contributed by atoms with Crippen LogP contribution in [0, 0.1) is 0 Å². The number of hydrogen-bond acceptors (Lipinski definition) is 4. The van der Waals surface area contributed by atoms with Crippen LogP contribution in [-0.4, -0.2) is 25.8 Å². The van der Waals surface area contributed by atoms with Crippen molar-refractivity contribution in [3.63, 3.8) is 0 Å². The number of nitrogens with one attached hydrogen (secondary N) is 1. The summed E-state index contributed by atoms with van der Waals surface area (Å²) in [4.78, 5) is 16.8. The van der Waals surface area contributed by atoms with E-state index < -0.39 is 6.08 Å². The molecule has 0 aliphatic rings. The minimum atomic E-state index is -1.76. The zero-order valence-electron chi connectivity index (χ0n) is 14.3. The van der Waals surface area contributed by atoms with E-state index in [9.17, 15) is 13.6 Å². The highest BCUT2D eigenvalue weighted by Crippen LogP contribution is 2.18. The summed E-state index contributed by atoms with van der Waals surface area (Å²) in [6.45, 7) is 0.169. The first-order chi connectivity index (χ1) is 12.5. The fourth-order valence-corrected chi connectivity index (χ4v) is 2.25. The van der Waals surface area contributed by atoms with E-state index in [1.807, 2.05) is 6.07 Å². The molecule has 5 nitrogen and oxygen atoms in total. The summed E-state index contributed by atoms with van der Waals surface area (Å²) in [5, 5.41) is 6.31. The van der Waals surface area contributed by atoms with Crippen molar-refractivity contribution in [1.29, 1.82) is 0 Å². The molecule has 0 heterocycles. The lowest BCUT2D eigenvalue weighted by Gasteiger charge is -2.12. The number of rotatable bonds is 7. The van der Waals surface area contributed by atoms with E-state index in [1.54, 1.807) is 30.3 Å². The Balaban J connectivity index is 2.19. The van der Waals surface area contributed by atoms with Gasteiger partial charge in [0.05, 0.1) is 0 Å². The van der Waals surface area contributed by atoms with Crippen molar-refractivity contribution in [2.24, 2.45) is 5.16 Å². The summed E-state index contributed by atoms with van der Waals surface area (Å²) in [5.74, 6) is 0.130. The minimum Gasteiger partial charge on any atom is -0.489 e. The van der Waals surface area contributed by atoms with Crippen LogP contribution in [0.5, 0.6) is 5.75 Å². The van der Waals surface area contributed by atoms with Crippen molar-refractivity contribution in [1.82, 2.24) is 5.32 Å². The van der Waals surface area contributed by atoms with Gasteiger partial charge in [-0.05, 0) is 23.3 Å². The van der Waals surface area contributed by atoms with Gasteiger partial charge in [-0.15, -0.1) is 0 Å². The van der Waals surface area contributed by atoms with Gasteiger partial charge in [-0.1, -0.05) is 41.6 Å². The summed E-state index contributed by atoms with van der Waals surface area (Å²) >= 11 is 0. The zero-order valence-corrected chi connectivity index (χ0v) is 14.3. The molecule has 0 aliphatic heterocycles. The largest absolute Gasteiger partial charge is 0.489 e. The number of benzene rings is 2. The van der Waals surface area contributed by atoms with Gasteiger partial charge in [0.15, 0.2) is 5.71 Å². The molecule has 2 rings (SSSR count). The fourth-order valence-electron chi connectivity index (χ4n) is 2.25. The van der Waals surface area contributed by atoms with Gasteiger partial charge < -0.3 is 14.9 Å². The number of ether oxygens (including phenoxy) is 1. The van der Waals surface area contributed by atoms with E-state index in [0.717, 1.165) is 11.6 Å². The molecule has 136 valence electrons. The van der Waals surface area contributed by atoms with Crippen molar-refractivity contribution >= 4 is 17.7 Å². The zero-order chi connectivity index (χ0) is 18.9. The number of carbonyl (C=O) groups excluding carboxylic acids is 1. The lowest BCUT2D eigenvalue weighted by Crippen LogP contribution is -2.29. The van der Waals surface area contributed by atoms with Gasteiger partial charge in [-0.3, -0.25) is 4.79 Å². The maximum absolute atomic E-state index is 12.2. The molecule has 0 aliphatic carbocycles. The average Bonchev–Trinajstić information content (AvgIpc) is 2.65. The second-order valence-electron chi connectivity index (χ2n) is 5.15. The van der Waals surface area contributed by atoms with Crippen LogP contribution in [-0.2, 0) is 16.2 Å². The van der Waals surface area contributed by atoms with Gasteiger partial charge >= 0.3 is 0 Å². The highest BCUT2D eigenvalue weighted by Gasteiger charge is 2.17. The number of halogens is 2. The highest BCUT2D eigenvalue weighted by atomic mass is 19.3. The first-order valence-electron chi connectivity index (χ1n) is 7.72. The summed E-state index contributed by atoms with van der Waals surface area (Å²) in [5.41, 5.74) is 1.82. The van der Waals surface area contributed by atoms with E-state index >= 15 is 0 Å². The highest BCUT2D eigenvalue weighted by molar-refractivity contribution is 6.45. The summed E-state index contributed by atoms with van der Waals surface area (Å²) in [6, 6.07) is 13.4. The standard InChI is InChI=1S/C19H18F2N2O3/c1-22-19(24)18(23-25-2)16-6-4-3-5-14(16)12-26-15-9-7-13(8-10-15)11-17(20)21/h3-11H,12H2,1-2H3,(H,22,24). The number of amides is 1. The van der Waals surface area contributed by atoms with Crippen LogP contribution in [0.4, 0.5) is 8.78 Å². The Morgan fingerprint density at radius 3 is 2.46 bits per heavy atom. The van der Waals surface area contributed by atoms with E-state index in [1.165, 1.54) is 26.3 Å². The van der Waals surface area contributed by atoms with Crippen molar-refractivity contribution in [3.8, 4) is 5.75 Å². The molecular weight excluding hydrogens is 342 g/mol. The van der Waals surface area contributed by atoms with Crippen LogP contribution < -0.4 is 10.1 Å². The second kappa shape index (κ2) is 9.31. The van der Waals surface area contributed by atoms with Crippen LogP contribution in [0.2, 0.25) is 0 Å². The number of carbonyl (C=O) groups is 1. The van der Waals surface area contributed by atoms with Gasteiger partial charge in [0.25, 0.3) is 12.0 Å². The molecule has 2 aromatic carbocycles. The first kappa shape index (κ1) is 19.1. The Hall–Kier alpha value is -3.22.